The summed E-state index contributed by atoms with van der Waals surface area (Å²) in [4.78, 5) is 30.4. The maximum absolute atomic E-state index is 12.2. The van der Waals surface area contributed by atoms with E-state index >= 15 is 0 Å². The minimum atomic E-state index is -0.0707. The zero-order chi connectivity index (χ0) is 19.3. The second kappa shape index (κ2) is 8.39. The molecule has 6 nitrogen and oxygen atoms in total. The molecule has 0 bridgehead atoms. The lowest BCUT2D eigenvalue weighted by Crippen LogP contribution is -2.39. The van der Waals surface area contributed by atoms with Crippen LogP contribution in [0.15, 0.2) is 59.6 Å². The highest BCUT2D eigenvalue weighted by molar-refractivity contribution is 8.00. The number of benzene rings is 2. The highest BCUT2D eigenvalue weighted by Gasteiger charge is 2.21. The molecule has 1 aliphatic heterocycles. The molecule has 3 aromatic rings. The topological polar surface area (TPSA) is 74.4 Å². The van der Waals surface area contributed by atoms with Crippen molar-refractivity contribution in [2.24, 2.45) is 0 Å². The Hall–Kier alpha value is -2.93. The van der Waals surface area contributed by atoms with Crippen molar-refractivity contribution in [2.45, 2.75) is 11.4 Å². The summed E-state index contributed by atoms with van der Waals surface area (Å²) in [5.74, 6) is 0.965. The van der Waals surface area contributed by atoms with Gasteiger partial charge < -0.3 is 19.9 Å². The molecule has 2 amide bonds. The molecule has 0 radical (unpaired) electrons. The van der Waals surface area contributed by atoms with E-state index in [1.165, 1.54) is 11.8 Å². The molecule has 28 heavy (non-hydrogen) atoms. The number of hydrogen-bond acceptors (Lipinski definition) is 4. The van der Waals surface area contributed by atoms with Gasteiger partial charge in [-0.1, -0.05) is 36.4 Å². The summed E-state index contributed by atoms with van der Waals surface area (Å²) in [5.41, 5.74) is 2.04. The molecule has 0 aliphatic carbocycles. The first-order valence-corrected chi connectivity index (χ1v) is 10.1. The summed E-state index contributed by atoms with van der Waals surface area (Å²) < 4.78 is 5.55. The van der Waals surface area contributed by atoms with E-state index in [9.17, 15) is 9.59 Å². The van der Waals surface area contributed by atoms with Crippen LogP contribution < -0.4 is 10.1 Å². The van der Waals surface area contributed by atoms with Gasteiger partial charge in [-0.05, 0) is 12.1 Å². The maximum atomic E-state index is 12.2. The van der Waals surface area contributed by atoms with Crippen molar-refractivity contribution in [2.75, 3.05) is 25.4 Å². The first kappa shape index (κ1) is 18.4. The van der Waals surface area contributed by atoms with E-state index in [2.05, 4.69) is 10.3 Å². The number of carbonyl (C=O) groups excluding carboxylic acids is 2. The normalized spacial score (nSPS) is 13.7. The molecule has 4 rings (SSSR count). The molecule has 2 aromatic carbocycles. The molecule has 1 aliphatic rings. The number of fused-ring (bicyclic) bond motifs is 2. The van der Waals surface area contributed by atoms with Gasteiger partial charge in [-0.2, -0.15) is 0 Å². The SMILES string of the molecule is O=C(CSc1c[nH]c2ccccc12)NCCN1Cc2ccccc2OCC1=O. The number of rotatable bonds is 6. The third-order valence-electron chi connectivity index (χ3n) is 4.65. The van der Waals surface area contributed by atoms with Gasteiger partial charge in [0.25, 0.3) is 5.91 Å². The standard InChI is InChI=1S/C21H21N3O3S/c25-20(14-28-19-11-23-17-7-3-2-6-16(17)19)22-9-10-24-12-15-5-1-4-8-18(15)27-13-21(24)26/h1-8,11,23H,9-10,12-14H2,(H,22,25). The molecular weight excluding hydrogens is 374 g/mol. The van der Waals surface area contributed by atoms with E-state index in [-0.39, 0.29) is 18.4 Å². The highest BCUT2D eigenvalue weighted by Crippen LogP contribution is 2.27. The lowest BCUT2D eigenvalue weighted by Gasteiger charge is -2.20. The summed E-state index contributed by atoms with van der Waals surface area (Å²) in [5, 5.41) is 4.02. The van der Waals surface area contributed by atoms with E-state index in [4.69, 9.17) is 4.74 Å². The Morgan fingerprint density at radius 1 is 1.18 bits per heavy atom. The van der Waals surface area contributed by atoms with Crippen molar-refractivity contribution in [3.8, 4) is 5.75 Å². The zero-order valence-electron chi connectivity index (χ0n) is 15.3. The lowest BCUT2D eigenvalue weighted by molar-refractivity contribution is -0.133. The molecule has 2 N–H and O–H groups in total. The van der Waals surface area contributed by atoms with Gasteiger partial charge in [-0.25, -0.2) is 0 Å². The van der Waals surface area contributed by atoms with Crippen molar-refractivity contribution >= 4 is 34.5 Å². The fourth-order valence-electron chi connectivity index (χ4n) is 3.19. The van der Waals surface area contributed by atoms with Gasteiger partial charge in [0.1, 0.15) is 5.75 Å². The van der Waals surface area contributed by atoms with Crippen molar-refractivity contribution < 1.29 is 14.3 Å². The largest absolute Gasteiger partial charge is 0.483 e. The number of hydrogen-bond donors (Lipinski definition) is 2. The Morgan fingerprint density at radius 2 is 2.00 bits per heavy atom. The van der Waals surface area contributed by atoms with E-state index in [1.54, 1.807) is 4.90 Å². The van der Waals surface area contributed by atoms with Crippen LogP contribution in [0, 0.1) is 0 Å². The number of H-pyrrole nitrogens is 1. The third kappa shape index (κ3) is 4.14. The molecule has 7 heteroatoms. The Bertz CT molecular complexity index is 1000. The Kier molecular flexibility index (Phi) is 5.53. The first-order valence-electron chi connectivity index (χ1n) is 9.15. The predicted octanol–water partition coefficient (Wildman–Crippen LogP) is 2.80. The molecule has 1 aromatic heterocycles. The van der Waals surface area contributed by atoms with Gasteiger partial charge in [0, 0.05) is 47.2 Å². The lowest BCUT2D eigenvalue weighted by atomic mass is 10.2. The van der Waals surface area contributed by atoms with Crippen LogP contribution in [0.5, 0.6) is 5.75 Å². The van der Waals surface area contributed by atoms with E-state index in [1.807, 2.05) is 54.7 Å². The minimum absolute atomic E-state index is 0.0291. The van der Waals surface area contributed by atoms with Crippen LogP contribution in [-0.2, 0) is 16.1 Å². The van der Waals surface area contributed by atoms with Gasteiger partial charge in [0.15, 0.2) is 6.61 Å². The van der Waals surface area contributed by atoms with Crippen LogP contribution >= 0.6 is 11.8 Å². The summed E-state index contributed by atoms with van der Waals surface area (Å²) >= 11 is 1.50. The van der Waals surface area contributed by atoms with Crippen LogP contribution in [0.4, 0.5) is 0 Å². The molecule has 144 valence electrons. The first-order chi connectivity index (χ1) is 13.7. The third-order valence-corrected chi connectivity index (χ3v) is 5.71. The fourth-order valence-corrected chi connectivity index (χ4v) is 4.06. The summed E-state index contributed by atoms with van der Waals surface area (Å²) in [6.07, 6.45) is 1.93. The van der Waals surface area contributed by atoms with Crippen molar-refractivity contribution in [1.29, 1.82) is 0 Å². The van der Waals surface area contributed by atoms with Crippen LogP contribution in [-0.4, -0.2) is 47.1 Å². The summed E-state index contributed by atoms with van der Waals surface area (Å²) in [6.45, 7) is 1.40. The molecule has 0 saturated heterocycles. The smallest absolute Gasteiger partial charge is 0.260 e. The van der Waals surface area contributed by atoms with Crippen LogP contribution in [0.1, 0.15) is 5.56 Å². The predicted molar refractivity (Wildman–Crippen MR) is 109 cm³/mol. The van der Waals surface area contributed by atoms with Gasteiger partial charge in [0.2, 0.25) is 5.91 Å². The van der Waals surface area contributed by atoms with Crippen LogP contribution in [0.25, 0.3) is 10.9 Å². The van der Waals surface area contributed by atoms with E-state index in [0.29, 0.717) is 25.4 Å². The number of thioether (sulfide) groups is 1. The van der Waals surface area contributed by atoms with Crippen LogP contribution in [0.2, 0.25) is 0 Å². The molecule has 0 atom stereocenters. The molecule has 0 spiro atoms. The monoisotopic (exact) mass is 395 g/mol. The fraction of sp³-hybridized carbons (Fsp3) is 0.238. The number of carbonyl (C=O) groups is 2. The van der Waals surface area contributed by atoms with Gasteiger partial charge in [-0.3, -0.25) is 9.59 Å². The molecule has 0 fully saturated rings. The number of nitrogens with one attached hydrogen (secondary N) is 2. The Labute approximate surface area is 167 Å². The number of ether oxygens (including phenoxy) is 1. The second-order valence-electron chi connectivity index (χ2n) is 6.55. The average Bonchev–Trinajstić information content (AvgIpc) is 3.06. The molecule has 2 heterocycles. The van der Waals surface area contributed by atoms with Crippen LogP contribution in [0.3, 0.4) is 0 Å². The number of para-hydroxylation sites is 2. The van der Waals surface area contributed by atoms with Crippen molar-refractivity contribution in [3.63, 3.8) is 0 Å². The highest BCUT2D eigenvalue weighted by atomic mass is 32.2. The van der Waals surface area contributed by atoms with E-state index in [0.717, 1.165) is 27.1 Å². The molecule has 0 unspecified atom stereocenters. The Balaban J connectivity index is 1.26. The Morgan fingerprint density at radius 3 is 2.93 bits per heavy atom. The van der Waals surface area contributed by atoms with Gasteiger partial charge in [0.05, 0.1) is 5.75 Å². The van der Waals surface area contributed by atoms with Crippen molar-refractivity contribution in [3.05, 3.63) is 60.3 Å². The minimum Gasteiger partial charge on any atom is -0.483 e. The molecular formula is C21H21N3O3S. The summed E-state index contributed by atoms with van der Waals surface area (Å²) in [6, 6.07) is 15.7. The second-order valence-corrected chi connectivity index (χ2v) is 7.57. The number of aromatic nitrogens is 1. The maximum Gasteiger partial charge on any atom is 0.260 e. The molecule has 0 saturated carbocycles. The number of nitrogens with zero attached hydrogens (tertiary/aromatic N) is 1. The zero-order valence-corrected chi connectivity index (χ0v) is 16.1. The number of amides is 2. The van der Waals surface area contributed by atoms with E-state index < -0.39 is 0 Å². The quantitative estimate of drug-likeness (QED) is 0.630. The summed E-state index contributed by atoms with van der Waals surface area (Å²) in [7, 11) is 0. The van der Waals surface area contributed by atoms with Gasteiger partial charge in [-0.15, -0.1) is 11.8 Å². The van der Waals surface area contributed by atoms with Crippen molar-refractivity contribution in [1.82, 2.24) is 15.2 Å². The van der Waals surface area contributed by atoms with Gasteiger partial charge >= 0.3 is 0 Å². The number of aromatic amines is 1. The average molecular weight is 395 g/mol.